The molecule has 1 fully saturated rings. The van der Waals surface area contributed by atoms with Crippen molar-refractivity contribution in [2.75, 3.05) is 11.9 Å². The van der Waals surface area contributed by atoms with Crippen LogP contribution in [0.4, 0.5) is 4.39 Å². The third-order valence-corrected chi connectivity index (χ3v) is 3.95. The Morgan fingerprint density at radius 1 is 1.53 bits per heavy atom. The Kier molecular flexibility index (Phi) is 5.53. The van der Waals surface area contributed by atoms with Gasteiger partial charge in [0.05, 0.1) is 0 Å². The minimum absolute atomic E-state index is 0.0821. The lowest BCUT2D eigenvalue weighted by molar-refractivity contribution is -0.120. The van der Waals surface area contributed by atoms with Gasteiger partial charge in [-0.05, 0) is 35.2 Å². The molecule has 1 N–H and O–H groups in total. The number of carbonyl (C=O) groups is 1. The predicted molar refractivity (Wildman–Crippen MR) is 66.1 cm³/mol. The lowest BCUT2D eigenvalue weighted by Crippen LogP contribution is -2.24. The van der Waals surface area contributed by atoms with E-state index in [2.05, 4.69) is 37.2 Å². The van der Waals surface area contributed by atoms with Crippen molar-refractivity contribution < 1.29 is 9.18 Å². The standard InChI is InChI=1S/C10H16Br2FNO/c11-5-4-9(15)14-6-2-1-3-8-7-10(8,12)13/h8H,1-7H2,(H,14,15). The van der Waals surface area contributed by atoms with Gasteiger partial charge in [-0.25, -0.2) is 4.39 Å². The van der Waals surface area contributed by atoms with Gasteiger partial charge >= 0.3 is 0 Å². The zero-order chi connectivity index (χ0) is 11.3. The van der Waals surface area contributed by atoms with Gasteiger partial charge in [0, 0.05) is 24.2 Å². The number of alkyl halides is 3. The van der Waals surface area contributed by atoms with Crippen molar-refractivity contribution in [2.45, 2.75) is 36.7 Å². The number of rotatable bonds is 7. The number of carbonyl (C=O) groups excluding carboxylic acids is 1. The predicted octanol–water partition coefficient (Wildman–Crippen LogP) is 3.14. The average molecular weight is 345 g/mol. The smallest absolute Gasteiger partial charge is 0.220 e. The van der Waals surface area contributed by atoms with Crippen molar-refractivity contribution in [1.29, 1.82) is 0 Å². The Balaban J connectivity index is 1.88. The summed E-state index contributed by atoms with van der Waals surface area (Å²) in [5, 5.41) is 3.53. The Hall–Kier alpha value is 0.360. The summed E-state index contributed by atoms with van der Waals surface area (Å²) >= 11 is 6.23. The molecule has 2 atom stereocenters. The second kappa shape index (κ2) is 6.18. The molecule has 0 aromatic heterocycles. The van der Waals surface area contributed by atoms with Gasteiger partial charge in [0.2, 0.25) is 5.91 Å². The molecule has 88 valence electrons. The fraction of sp³-hybridized carbons (Fsp3) is 0.900. The minimum atomic E-state index is -1.08. The van der Waals surface area contributed by atoms with Gasteiger partial charge in [-0.3, -0.25) is 4.79 Å². The van der Waals surface area contributed by atoms with Gasteiger partial charge < -0.3 is 5.32 Å². The Labute approximate surface area is 107 Å². The lowest BCUT2D eigenvalue weighted by Gasteiger charge is -2.03. The molecule has 2 nitrogen and oxygen atoms in total. The van der Waals surface area contributed by atoms with Gasteiger partial charge in [0.25, 0.3) is 0 Å². The van der Waals surface area contributed by atoms with Crippen LogP contribution in [0, 0.1) is 5.92 Å². The molecule has 15 heavy (non-hydrogen) atoms. The van der Waals surface area contributed by atoms with Crippen LogP contribution >= 0.6 is 31.9 Å². The maximum absolute atomic E-state index is 13.0. The van der Waals surface area contributed by atoms with E-state index >= 15 is 0 Å². The quantitative estimate of drug-likeness (QED) is 0.558. The third-order valence-electron chi connectivity index (χ3n) is 2.58. The van der Waals surface area contributed by atoms with Gasteiger partial charge in [0.1, 0.15) is 0 Å². The van der Waals surface area contributed by atoms with Gasteiger partial charge in [-0.1, -0.05) is 22.4 Å². The van der Waals surface area contributed by atoms with E-state index in [1.54, 1.807) is 0 Å². The Bertz CT molecular complexity index is 223. The van der Waals surface area contributed by atoms with Gasteiger partial charge in [-0.2, -0.15) is 0 Å². The molecule has 0 saturated heterocycles. The minimum Gasteiger partial charge on any atom is -0.356 e. The normalized spacial score (nSPS) is 28.9. The topological polar surface area (TPSA) is 29.1 Å². The number of hydrogen-bond donors (Lipinski definition) is 1. The van der Waals surface area contributed by atoms with Crippen LogP contribution in [0.5, 0.6) is 0 Å². The molecule has 1 rings (SSSR count). The molecular weight excluding hydrogens is 329 g/mol. The molecular formula is C10H16Br2FNO. The van der Waals surface area contributed by atoms with Crippen LogP contribution < -0.4 is 5.32 Å². The molecule has 1 amide bonds. The number of halogens is 3. The molecule has 0 spiro atoms. The van der Waals surface area contributed by atoms with E-state index in [1.165, 1.54) is 0 Å². The maximum Gasteiger partial charge on any atom is 0.220 e. The number of amides is 1. The van der Waals surface area contributed by atoms with Crippen LogP contribution in [0.15, 0.2) is 0 Å². The maximum atomic E-state index is 13.0. The van der Waals surface area contributed by atoms with E-state index in [9.17, 15) is 9.18 Å². The van der Waals surface area contributed by atoms with Crippen LogP contribution in [0.3, 0.4) is 0 Å². The van der Waals surface area contributed by atoms with E-state index < -0.39 is 4.58 Å². The second-order valence-corrected chi connectivity index (χ2v) is 6.06. The molecule has 0 radical (unpaired) electrons. The van der Waals surface area contributed by atoms with Crippen LogP contribution in [0.1, 0.15) is 32.1 Å². The fourth-order valence-electron chi connectivity index (χ4n) is 1.50. The molecule has 0 bridgehead atoms. The molecule has 0 aromatic carbocycles. The van der Waals surface area contributed by atoms with Crippen molar-refractivity contribution in [3.05, 3.63) is 0 Å². The molecule has 5 heteroatoms. The Morgan fingerprint density at radius 3 is 2.73 bits per heavy atom. The van der Waals surface area contributed by atoms with Gasteiger partial charge in [0.15, 0.2) is 4.58 Å². The summed E-state index contributed by atoms with van der Waals surface area (Å²) in [4.78, 5) is 11.0. The highest BCUT2D eigenvalue weighted by atomic mass is 79.9. The summed E-state index contributed by atoms with van der Waals surface area (Å²) in [6.45, 7) is 0.708. The van der Waals surface area contributed by atoms with Crippen molar-refractivity contribution in [2.24, 2.45) is 5.92 Å². The van der Waals surface area contributed by atoms with Crippen molar-refractivity contribution in [3.8, 4) is 0 Å². The van der Waals surface area contributed by atoms with E-state index in [1.807, 2.05) is 0 Å². The zero-order valence-corrected chi connectivity index (χ0v) is 11.7. The van der Waals surface area contributed by atoms with Crippen molar-refractivity contribution >= 4 is 37.8 Å². The summed E-state index contributed by atoms with van der Waals surface area (Å²) in [5.41, 5.74) is 0. The number of unbranched alkanes of at least 4 members (excludes halogenated alkanes) is 1. The zero-order valence-electron chi connectivity index (χ0n) is 8.57. The van der Waals surface area contributed by atoms with E-state index in [-0.39, 0.29) is 11.8 Å². The lowest BCUT2D eigenvalue weighted by atomic mass is 10.2. The SMILES string of the molecule is O=C(CCBr)NCCCCC1CC1(F)Br. The van der Waals surface area contributed by atoms with Crippen molar-refractivity contribution in [1.82, 2.24) is 5.32 Å². The third kappa shape index (κ3) is 5.29. The van der Waals surface area contributed by atoms with Crippen molar-refractivity contribution in [3.63, 3.8) is 0 Å². The first-order valence-corrected chi connectivity index (χ1v) is 7.18. The molecule has 2 unspecified atom stereocenters. The molecule has 0 heterocycles. The fourth-order valence-corrected chi connectivity index (χ4v) is 2.48. The average Bonchev–Trinajstić information content (AvgIpc) is 2.74. The van der Waals surface area contributed by atoms with Gasteiger partial charge in [-0.15, -0.1) is 0 Å². The first-order valence-electron chi connectivity index (χ1n) is 5.27. The molecule has 1 aliphatic carbocycles. The Morgan fingerprint density at radius 2 is 2.20 bits per heavy atom. The number of nitrogens with one attached hydrogen (secondary N) is 1. The molecule has 1 saturated carbocycles. The van der Waals surface area contributed by atoms with Crippen LogP contribution in [0.25, 0.3) is 0 Å². The highest BCUT2D eigenvalue weighted by molar-refractivity contribution is 9.10. The van der Waals surface area contributed by atoms with E-state index in [0.717, 1.165) is 19.3 Å². The largest absolute Gasteiger partial charge is 0.356 e. The summed E-state index contributed by atoms with van der Waals surface area (Å²) in [6.07, 6.45) is 4.00. The monoisotopic (exact) mass is 343 g/mol. The summed E-state index contributed by atoms with van der Waals surface area (Å²) < 4.78 is 12.0. The molecule has 1 aliphatic rings. The molecule has 0 aromatic rings. The van der Waals surface area contributed by atoms with Crippen LogP contribution in [-0.2, 0) is 4.79 Å². The molecule has 0 aliphatic heterocycles. The summed E-state index contributed by atoms with van der Waals surface area (Å²) in [6, 6.07) is 0. The first-order chi connectivity index (χ1) is 7.06. The summed E-state index contributed by atoms with van der Waals surface area (Å²) in [7, 11) is 0. The summed E-state index contributed by atoms with van der Waals surface area (Å²) in [5.74, 6) is 0.273. The first kappa shape index (κ1) is 13.4. The highest BCUT2D eigenvalue weighted by Crippen LogP contribution is 2.54. The van der Waals surface area contributed by atoms with E-state index in [0.29, 0.717) is 24.7 Å². The van der Waals surface area contributed by atoms with E-state index in [4.69, 9.17) is 0 Å². The highest BCUT2D eigenvalue weighted by Gasteiger charge is 2.52. The number of hydrogen-bond acceptors (Lipinski definition) is 1. The van der Waals surface area contributed by atoms with Crippen LogP contribution in [0.2, 0.25) is 0 Å². The second-order valence-electron chi connectivity index (χ2n) is 3.95. The van der Waals surface area contributed by atoms with Crippen LogP contribution in [-0.4, -0.2) is 22.4 Å².